The third-order valence-corrected chi connectivity index (χ3v) is 29.4. The van der Waals surface area contributed by atoms with Crippen LogP contribution >= 0.6 is 68.3 Å². The lowest BCUT2D eigenvalue weighted by Crippen LogP contribution is -2.23. The summed E-state index contributed by atoms with van der Waals surface area (Å²) < 4.78 is 34.6. The third kappa shape index (κ3) is 24.9. The van der Waals surface area contributed by atoms with Gasteiger partial charge in [0.1, 0.15) is 5.76 Å². The standard InChI is InChI=1S/2C20H18O3S.C19H15ClO3S.C19H22O3S.C17H20O4.C17H20O3S/c1-12-6-4-7-14(10-12)17-13(2)18(20(22)23-3)16(19(17)21)11-15-8-5-9-24-15;1-13-16(11-14-7-4-3-5-8-14)19(21)17(18(13)20(22)23-2)12-15-9-6-10-24-15;1-11-16(13-7-3-4-8-15(13)20)18(21)14(17(11)19(22)23-2)10-12-6-5-9-24-12;1-12-16(13-7-4-3-5-8-13)18(20)15(17(12)19(21)22-2)11-14-9-6-10-23-14;2*1-10(2)8-13-11(3)15(17(19)20-4)14(16(13)18)9-12-6-5-7-21-12/h4-11,17H,1-3H3;3-10,12,16H,11H2,1-2H3;3-10,16H,1-2H3;6,9-11,13,16H,3-5,7-8H2,1-2H3;2*5-7,9-10,13H,8H2,1-4H3/b16-11-;17-12-;14-10-;15-11-;2*14-9-. The summed E-state index contributed by atoms with van der Waals surface area (Å²) in [5.74, 6) is -2.97. The second kappa shape index (κ2) is 49.0. The van der Waals surface area contributed by atoms with Crippen LogP contribution < -0.4 is 0 Å². The Morgan fingerprint density at radius 1 is 0.365 bits per heavy atom. The highest BCUT2D eigenvalue weighted by Crippen LogP contribution is 2.49. The Morgan fingerprint density at radius 2 is 0.715 bits per heavy atom. The highest BCUT2D eigenvalue weighted by atomic mass is 35.5. The van der Waals surface area contributed by atoms with Crippen molar-refractivity contribution in [2.45, 2.75) is 139 Å². The van der Waals surface area contributed by atoms with E-state index in [0.29, 0.717) is 113 Å². The van der Waals surface area contributed by atoms with Crippen LogP contribution in [0.25, 0.3) is 36.5 Å². The molecule has 6 heterocycles. The number of hydrogen-bond donors (Lipinski definition) is 0. The summed E-state index contributed by atoms with van der Waals surface area (Å²) in [6.07, 6.45) is 20.0. The minimum atomic E-state index is -0.556. The van der Waals surface area contributed by atoms with Crippen LogP contribution in [0.5, 0.6) is 0 Å². The fraction of sp³-hybridized carbons (Fsp3) is 0.304. The van der Waals surface area contributed by atoms with Crippen LogP contribution in [0.4, 0.5) is 0 Å². The number of allylic oxidation sites excluding steroid dienone is 6. The van der Waals surface area contributed by atoms with Crippen molar-refractivity contribution in [1.82, 2.24) is 0 Å². The first-order valence-electron chi connectivity index (χ1n) is 45.1. The molecule has 1 saturated carbocycles. The molecule has 25 heteroatoms. The molecule has 137 heavy (non-hydrogen) atoms. The largest absolute Gasteiger partial charge is 0.465 e. The average Bonchev–Trinajstić information content (AvgIpc) is 1.62. The van der Waals surface area contributed by atoms with Crippen molar-refractivity contribution < 1.29 is 90.4 Å². The number of benzene rings is 3. The van der Waals surface area contributed by atoms with Crippen LogP contribution in [0, 0.1) is 48.3 Å². The highest BCUT2D eigenvalue weighted by molar-refractivity contribution is 7.12. The lowest BCUT2D eigenvalue weighted by atomic mass is 9.76. The molecule has 0 bridgehead atoms. The Bertz CT molecular complexity index is 6280. The molecule has 6 aromatic heterocycles. The maximum atomic E-state index is 13.1. The van der Waals surface area contributed by atoms with E-state index in [-0.39, 0.29) is 58.4 Å². The molecule has 6 atom stereocenters. The van der Waals surface area contributed by atoms with Gasteiger partial charge >= 0.3 is 35.8 Å². The minimum absolute atomic E-state index is 0.00912. The van der Waals surface area contributed by atoms with Crippen molar-refractivity contribution in [3.05, 3.63) is 343 Å². The molecule has 1 fully saturated rings. The lowest BCUT2D eigenvalue weighted by Gasteiger charge is -2.27. The highest BCUT2D eigenvalue weighted by Gasteiger charge is 2.47. The molecule has 19 nitrogen and oxygen atoms in total. The zero-order valence-electron chi connectivity index (χ0n) is 79.9. The van der Waals surface area contributed by atoms with Crippen LogP contribution in [-0.2, 0) is 92.4 Å². The zero-order valence-corrected chi connectivity index (χ0v) is 84.7. The summed E-state index contributed by atoms with van der Waals surface area (Å²) >= 11 is 14.0. The molecule has 7 aliphatic rings. The fourth-order valence-electron chi connectivity index (χ4n) is 18.4. The first-order chi connectivity index (χ1) is 65.7. The molecular weight excluding hydrogens is 1850 g/mol. The summed E-state index contributed by atoms with van der Waals surface area (Å²) in [5, 5.41) is 10.2. The molecular formula is C112H113ClO19S5. The van der Waals surface area contributed by atoms with E-state index in [2.05, 4.69) is 27.7 Å². The number of esters is 6. The van der Waals surface area contributed by atoms with E-state index in [1.165, 1.54) is 102 Å². The van der Waals surface area contributed by atoms with E-state index in [0.717, 1.165) is 94.6 Å². The maximum Gasteiger partial charge on any atom is 0.338 e. The number of ketones is 6. The first-order valence-corrected chi connectivity index (χ1v) is 49.9. The van der Waals surface area contributed by atoms with Crippen LogP contribution in [0.3, 0.4) is 0 Å². The molecule has 0 saturated heterocycles. The Kier molecular flexibility index (Phi) is 37.5. The molecule has 0 radical (unpaired) electrons. The second-order valence-electron chi connectivity index (χ2n) is 34.7. The molecule has 16 rings (SSSR count). The van der Waals surface area contributed by atoms with Gasteiger partial charge in [0, 0.05) is 86.5 Å². The fourth-order valence-corrected chi connectivity index (χ4v) is 21.9. The number of methoxy groups -OCH3 is 6. The molecule has 7 aliphatic carbocycles. The number of furan rings is 1. The summed E-state index contributed by atoms with van der Waals surface area (Å²) in [6.45, 7) is 21.4. The molecule has 6 unspecified atom stereocenters. The summed E-state index contributed by atoms with van der Waals surface area (Å²) in [5.41, 5.74) is 13.7. The van der Waals surface area contributed by atoms with Gasteiger partial charge in [0.2, 0.25) is 0 Å². The van der Waals surface area contributed by atoms with Gasteiger partial charge in [-0.3, -0.25) is 28.8 Å². The van der Waals surface area contributed by atoms with E-state index in [9.17, 15) is 57.5 Å². The van der Waals surface area contributed by atoms with E-state index in [4.69, 9.17) is 44.4 Å². The Hall–Kier alpha value is -12.6. The van der Waals surface area contributed by atoms with Crippen molar-refractivity contribution in [2.24, 2.45) is 41.4 Å². The van der Waals surface area contributed by atoms with Gasteiger partial charge in [0.15, 0.2) is 34.7 Å². The number of Topliss-reactive ketones (excluding diaryl/α,β-unsaturated/α-hetero) is 6. The van der Waals surface area contributed by atoms with Crippen molar-refractivity contribution in [3.63, 3.8) is 0 Å². The van der Waals surface area contributed by atoms with Gasteiger partial charge in [0.05, 0.1) is 94.2 Å². The van der Waals surface area contributed by atoms with Crippen LogP contribution in [0.1, 0.15) is 178 Å². The minimum Gasteiger partial charge on any atom is -0.465 e. The maximum absolute atomic E-state index is 13.1. The van der Waals surface area contributed by atoms with E-state index in [1.54, 1.807) is 72.1 Å². The molecule has 712 valence electrons. The molecule has 0 aliphatic heterocycles. The van der Waals surface area contributed by atoms with Gasteiger partial charge < -0.3 is 32.8 Å². The summed E-state index contributed by atoms with van der Waals surface area (Å²) in [4.78, 5) is 155. The quantitative estimate of drug-likeness (QED) is 0.0367. The van der Waals surface area contributed by atoms with Gasteiger partial charge in [-0.15, -0.1) is 56.7 Å². The molecule has 0 spiro atoms. The number of carbonyl (C=O) groups is 12. The van der Waals surface area contributed by atoms with Crippen LogP contribution in [-0.4, -0.2) is 113 Å². The van der Waals surface area contributed by atoms with Crippen LogP contribution in [0.2, 0.25) is 5.02 Å². The number of halogens is 1. The van der Waals surface area contributed by atoms with E-state index >= 15 is 0 Å². The molecule has 0 amide bonds. The van der Waals surface area contributed by atoms with Gasteiger partial charge in [-0.1, -0.05) is 167 Å². The number of ether oxygens (including phenoxy) is 6. The monoisotopic (exact) mass is 1960 g/mol. The molecule has 3 aromatic carbocycles. The van der Waals surface area contributed by atoms with Crippen molar-refractivity contribution in [2.75, 3.05) is 42.7 Å². The average molecular weight is 1960 g/mol. The molecule has 0 N–H and O–H groups in total. The third-order valence-electron chi connectivity index (χ3n) is 25.0. The summed E-state index contributed by atoms with van der Waals surface area (Å²) in [6, 6.07) is 47.7. The molecule has 9 aromatic rings. The van der Waals surface area contributed by atoms with Crippen LogP contribution in [0.15, 0.2) is 290 Å². The van der Waals surface area contributed by atoms with Crippen molar-refractivity contribution in [3.8, 4) is 0 Å². The van der Waals surface area contributed by atoms with Gasteiger partial charge in [-0.05, 0) is 260 Å². The number of aryl methyl sites for hydroxylation is 1. The number of rotatable bonds is 21. The van der Waals surface area contributed by atoms with E-state index < -0.39 is 47.7 Å². The smallest absolute Gasteiger partial charge is 0.338 e. The predicted molar refractivity (Wildman–Crippen MR) is 544 cm³/mol. The van der Waals surface area contributed by atoms with Gasteiger partial charge in [-0.2, -0.15) is 0 Å². The predicted octanol–water partition coefficient (Wildman–Crippen LogP) is 24.7. The Labute approximate surface area is 825 Å². The Balaban J connectivity index is 0.000000158. The summed E-state index contributed by atoms with van der Waals surface area (Å²) in [7, 11) is 8.07. The SMILES string of the molecule is COC(=O)C1=C(C)C(C2CCCCC2)C(=O)/C1=C\c1cccs1.COC(=O)C1=C(C)C(CC(C)C)C(=O)/C1=C\c1ccco1.COC(=O)C1=C(C)C(CC(C)C)C(=O)/C1=C\c1cccs1.COC(=O)C1=C(C)C(Cc2ccccc2)C(=O)/C1=C\c1cccs1.COC(=O)C1=C(C)C(c2cccc(C)c2)C(=O)/C1=C\c1cccs1.COC(=O)C1=C(C)C(c2ccccc2Cl)C(=O)/C1=C\c1cccs1. The second-order valence-corrected chi connectivity index (χ2v) is 40.0. The van der Waals surface area contributed by atoms with Gasteiger partial charge in [0.25, 0.3) is 0 Å². The lowest BCUT2D eigenvalue weighted by molar-refractivity contribution is -0.136. The topological polar surface area (TPSA) is 273 Å². The number of hydrogen-bond acceptors (Lipinski definition) is 24. The number of carbonyl (C=O) groups excluding carboxylic acids is 12. The first kappa shape index (κ1) is 105. The van der Waals surface area contributed by atoms with Crippen molar-refractivity contribution in [1.29, 1.82) is 0 Å². The normalized spacial score (nSPS) is 20.6. The Morgan fingerprint density at radius 3 is 1.09 bits per heavy atom. The van der Waals surface area contributed by atoms with Gasteiger partial charge in [-0.25, -0.2) is 28.8 Å². The van der Waals surface area contributed by atoms with E-state index in [1.807, 2.05) is 214 Å². The zero-order chi connectivity index (χ0) is 99.2. The number of thiophene rings is 5. The van der Waals surface area contributed by atoms with Crippen molar-refractivity contribution >= 4 is 175 Å².